The number of amides is 1. The number of benzene rings is 1. The van der Waals surface area contributed by atoms with Crippen molar-refractivity contribution < 1.29 is 14.4 Å². The van der Waals surface area contributed by atoms with Crippen molar-refractivity contribution in [1.82, 2.24) is 15.2 Å². The lowest BCUT2D eigenvalue weighted by Gasteiger charge is -2.27. The van der Waals surface area contributed by atoms with E-state index < -0.39 is 0 Å². The van der Waals surface area contributed by atoms with Crippen molar-refractivity contribution in [1.29, 1.82) is 0 Å². The number of likely N-dealkylation sites (tertiary alicyclic amines) is 1. The average Bonchev–Trinajstić information content (AvgIpc) is 3.53. The lowest BCUT2D eigenvalue weighted by Crippen LogP contribution is -2.36. The number of piperidine rings is 1. The number of nitrogens with one attached hydrogen (secondary N) is 1. The largest absolute Gasteiger partial charge is 0.353 e. The summed E-state index contributed by atoms with van der Waals surface area (Å²) in [6.45, 7) is 16.0. The van der Waals surface area contributed by atoms with Crippen LogP contribution in [-0.4, -0.2) is 69.1 Å². The highest BCUT2D eigenvalue weighted by atomic mass is 32.1. The quantitative estimate of drug-likeness (QED) is 0.223. The molecule has 1 unspecified atom stereocenters. The molecule has 0 spiro atoms. The number of hydrogen-bond acceptors (Lipinski definition) is 8. The Labute approximate surface area is 278 Å². The fourth-order valence-electron chi connectivity index (χ4n) is 5.64. The predicted molar refractivity (Wildman–Crippen MR) is 195 cm³/mol. The average molecular weight is 648 g/mol. The van der Waals surface area contributed by atoms with Crippen LogP contribution in [0.3, 0.4) is 0 Å². The summed E-state index contributed by atoms with van der Waals surface area (Å²) in [4.78, 5) is 36.3. The van der Waals surface area contributed by atoms with E-state index in [9.17, 15) is 4.79 Å². The Morgan fingerprint density at radius 1 is 0.978 bits per heavy atom. The summed E-state index contributed by atoms with van der Waals surface area (Å²) < 4.78 is 1.24. The zero-order valence-corrected chi connectivity index (χ0v) is 30.1. The van der Waals surface area contributed by atoms with Crippen molar-refractivity contribution in [3.63, 3.8) is 0 Å². The molecule has 0 radical (unpaired) electrons. The minimum absolute atomic E-state index is 0.178. The van der Waals surface area contributed by atoms with E-state index in [-0.39, 0.29) is 11.9 Å². The third kappa shape index (κ3) is 19.0. The molecule has 1 saturated carbocycles. The van der Waals surface area contributed by atoms with E-state index in [4.69, 9.17) is 14.6 Å². The first kappa shape index (κ1) is 44.7. The lowest BCUT2D eigenvalue weighted by atomic mass is 9.84. The minimum atomic E-state index is 0.178. The Kier molecular flexibility index (Phi) is 30.0. The summed E-state index contributed by atoms with van der Waals surface area (Å²) in [5, 5.41) is 4.47. The second kappa shape index (κ2) is 30.2. The Balaban J connectivity index is 0. The molecular formula is C36H65N5O3S. The summed E-state index contributed by atoms with van der Waals surface area (Å²) in [6.07, 6.45) is 18.8. The first-order valence-electron chi connectivity index (χ1n) is 16.9. The van der Waals surface area contributed by atoms with E-state index in [1.165, 1.54) is 88.8 Å². The Morgan fingerprint density at radius 2 is 1.58 bits per heavy atom. The summed E-state index contributed by atoms with van der Waals surface area (Å²) in [5.74, 6) is 1.46. The van der Waals surface area contributed by atoms with Crippen LogP contribution in [0, 0.1) is 5.92 Å². The van der Waals surface area contributed by atoms with Gasteiger partial charge in [0.25, 0.3) is 0 Å². The molecule has 1 aromatic carbocycles. The Hall–Kier alpha value is -2.46. The third-order valence-electron chi connectivity index (χ3n) is 7.80. The molecule has 1 atom stereocenters. The van der Waals surface area contributed by atoms with Gasteiger partial charge >= 0.3 is 0 Å². The van der Waals surface area contributed by atoms with Gasteiger partial charge < -0.3 is 26.4 Å². The highest BCUT2D eigenvalue weighted by molar-refractivity contribution is 7.18. The number of carbonyl (C=O) groups is 3. The molecule has 2 heterocycles. The molecule has 2 aromatic rings. The molecule has 2 fully saturated rings. The number of nitrogens with two attached hydrogens (primary N) is 2. The molecule has 0 bridgehead atoms. The van der Waals surface area contributed by atoms with Crippen molar-refractivity contribution in [2.75, 3.05) is 33.7 Å². The summed E-state index contributed by atoms with van der Waals surface area (Å²) in [5.41, 5.74) is 11.4. The van der Waals surface area contributed by atoms with Gasteiger partial charge in [-0.25, -0.2) is 4.98 Å². The second-order valence-electron chi connectivity index (χ2n) is 11.1. The molecule has 1 aliphatic carbocycles. The normalized spacial score (nSPS) is 15.4. The van der Waals surface area contributed by atoms with Gasteiger partial charge in [0.2, 0.25) is 5.91 Å². The van der Waals surface area contributed by atoms with E-state index in [1.807, 2.05) is 27.4 Å². The van der Waals surface area contributed by atoms with Crippen molar-refractivity contribution in [3.8, 4) is 0 Å². The molecule has 1 saturated heterocycles. The number of carbonyl (C=O) groups excluding carboxylic acids is 3. The van der Waals surface area contributed by atoms with Crippen LogP contribution in [0.5, 0.6) is 0 Å². The first-order chi connectivity index (χ1) is 22.1. The number of aryl methyl sites for hydroxylation is 1. The molecular weight excluding hydrogens is 582 g/mol. The van der Waals surface area contributed by atoms with Gasteiger partial charge in [0.1, 0.15) is 13.6 Å². The van der Waals surface area contributed by atoms with Crippen molar-refractivity contribution in [2.24, 2.45) is 17.4 Å². The smallest absolute Gasteiger partial charge is 0.220 e. The van der Waals surface area contributed by atoms with E-state index in [1.54, 1.807) is 11.3 Å². The van der Waals surface area contributed by atoms with Gasteiger partial charge in [-0.15, -0.1) is 11.3 Å². The molecule has 2 aliphatic rings. The standard InChI is InChI=1S/C30H45N3OS.C2H6.2CH5N.2CH2O/c1-23(2)25-14-15-27-28(22-25)35-30(32-27)17-16-29(34)31-26(21-24-11-5-3-6-12-24)13-7-10-20-33-18-8-4-9-19-33;5*1-2/h7,10,14-15,22-24,26H,3-6,8-9,11-13,16-21H2,1-2H3,(H,31,34);1-2H3;2*2H2,1H3;2*1H2/b10-7+;;;;;. The minimum Gasteiger partial charge on any atom is -0.353 e. The van der Waals surface area contributed by atoms with Crippen molar-refractivity contribution in [2.45, 2.75) is 117 Å². The molecule has 258 valence electrons. The highest BCUT2D eigenvalue weighted by Crippen LogP contribution is 2.29. The maximum atomic E-state index is 12.9. The van der Waals surface area contributed by atoms with Gasteiger partial charge in [0.05, 0.1) is 15.2 Å². The van der Waals surface area contributed by atoms with Gasteiger partial charge in [-0.1, -0.05) is 84.4 Å². The van der Waals surface area contributed by atoms with Crippen LogP contribution in [0.25, 0.3) is 10.2 Å². The lowest BCUT2D eigenvalue weighted by molar-refractivity contribution is -0.121. The van der Waals surface area contributed by atoms with Gasteiger partial charge in [-0.3, -0.25) is 9.69 Å². The topological polar surface area (TPSA) is 131 Å². The van der Waals surface area contributed by atoms with Crippen LogP contribution < -0.4 is 16.8 Å². The first-order valence-corrected chi connectivity index (χ1v) is 17.7. The second-order valence-corrected chi connectivity index (χ2v) is 12.2. The molecule has 1 amide bonds. The number of fused-ring (bicyclic) bond motifs is 1. The summed E-state index contributed by atoms with van der Waals surface area (Å²) in [6, 6.07) is 6.82. The van der Waals surface area contributed by atoms with Crippen LogP contribution in [-0.2, 0) is 20.8 Å². The molecule has 45 heavy (non-hydrogen) atoms. The molecule has 9 heteroatoms. The molecule has 1 aliphatic heterocycles. The molecule has 8 nitrogen and oxygen atoms in total. The fraction of sp³-hybridized carbons (Fsp3) is 0.667. The maximum Gasteiger partial charge on any atom is 0.220 e. The highest BCUT2D eigenvalue weighted by Gasteiger charge is 2.20. The molecule has 4 rings (SSSR count). The Morgan fingerprint density at radius 3 is 2.18 bits per heavy atom. The third-order valence-corrected chi connectivity index (χ3v) is 8.87. The van der Waals surface area contributed by atoms with Crippen LogP contribution in [0.15, 0.2) is 30.4 Å². The van der Waals surface area contributed by atoms with E-state index >= 15 is 0 Å². The molecule has 1 aromatic heterocycles. The van der Waals surface area contributed by atoms with Gasteiger partial charge in [0, 0.05) is 25.4 Å². The van der Waals surface area contributed by atoms with Crippen LogP contribution in [0.4, 0.5) is 0 Å². The van der Waals surface area contributed by atoms with E-state index in [2.05, 4.69) is 65.9 Å². The summed E-state index contributed by atoms with van der Waals surface area (Å²) in [7, 11) is 3.00. The monoisotopic (exact) mass is 647 g/mol. The zero-order chi connectivity index (χ0) is 34.5. The van der Waals surface area contributed by atoms with Crippen LogP contribution in [0.1, 0.15) is 115 Å². The van der Waals surface area contributed by atoms with Crippen molar-refractivity contribution in [3.05, 3.63) is 40.9 Å². The van der Waals surface area contributed by atoms with Gasteiger partial charge in [0.15, 0.2) is 0 Å². The number of nitrogens with zero attached hydrogens (tertiary/aromatic N) is 2. The SMILES string of the molecule is C=O.C=O.CC.CC(C)c1ccc2nc(CCC(=O)NC(C/C=C/CN3CCCCC3)CC3CCCCC3)sc2c1.CN.CN. The number of hydrogen-bond donors (Lipinski definition) is 3. The summed E-state index contributed by atoms with van der Waals surface area (Å²) >= 11 is 1.74. The van der Waals surface area contributed by atoms with Gasteiger partial charge in [-0.2, -0.15) is 0 Å². The number of aromatic nitrogens is 1. The fourth-order valence-corrected chi connectivity index (χ4v) is 6.66. The van der Waals surface area contributed by atoms with Gasteiger partial charge in [-0.05, 0) is 82.4 Å². The predicted octanol–water partition coefficient (Wildman–Crippen LogP) is 7.05. The van der Waals surface area contributed by atoms with Crippen LogP contribution >= 0.6 is 11.3 Å². The molecule has 5 N–H and O–H groups in total. The zero-order valence-electron chi connectivity index (χ0n) is 29.3. The van der Waals surface area contributed by atoms with E-state index in [0.717, 1.165) is 42.2 Å². The number of thiazole rings is 1. The maximum absolute atomic E-state index is 12.9. The van der Waals surface area contributed by atoms with E-state index in [0.29, 0.717) is 12.3 Å². The number of rotatable bonds is 11. The van der Waals surface area contributed by atoms with Crippen molar-refractivity contribution >= 4 is 41.0 Å². The van der Waals surface area contributed by atoms with Crippen LogP contribution in [0.2, 0.25) is 0 Å². The Bertz CT molecular complexity index is 1000.